The van der Waals surface area contributed by atoms with Crippen LogP contribution in [0.3, 0.4) is 0 Å². The van der Waals surface area contributed by atoms with Crippen LogP contribution in [-0.4, -0.2) is 49.2 Å². The number of hydrogen-bond acceptors (Lipinski definition) is 6. The molecule has 0 spiro atoms. The lowest BCUT2D eigenvalue weighted by atomic mass is 9.70. The second-order valence-electron chi connectivity index (χ2n) is 9.74. The van der Waals surface area contributed by atoms with Crippen LogP contribution in [0.15, 0.2) is 18.2 Å². The van der Waals surface area contributed by atoms with Crippen LogP contribution in [-0.2, 0) is 23.4 Å². The standard InChI is InChI=1S/C21H32B2O6/c1-10-25-17(24)15-12-11-14(22-26-18(2,3)19(4,5)27-22)13-16(15)23-28-20(6,7)21(8,9)29-23/h11-13H,10H2,1-9H3. The Morgan fingerprint density at radius 3 is 1.72 bits per heavy atom. The van der Waals surface area contributed by atoms with Gasteiger partial charge in [0.2, 0.25) is 0 Å². The zero-order valence-corrected chi connectivity index (χ0v) is 19.0. The Bertz CT molecular complexity index is 770. The van der Waals surface area contributed by atoms with Crippen LogP contribution in [0.2, 0.25) is 0 Å². The topological polar surface area (TPSA) is 63.2 Å². The van der Waals surface area contributed by atoms with Gasteiger partial charge >= 0.3 is 20.2 Å². The Labute approximate surface area is 174 Å². The first-order valence-corrected chi connectivity index (χ1v) is 10.2. The van der Waals surface area contributed by atoms with E-state index in [2.05, 4.69) is 0 Å². The Balaban J connectivity index is 2.01. The summed E-state index contributed by atoms with van der Waals surface area (Å²) in [5.74, 6) is -0.405. The lowest BCUT2D eigenvalue weighted by molar-refractivity contribution is 0.00578. The first-order chi connectivity index (χ1) is 13.2. The Kier molecular flexibility index (Phi) is 5.49. The molecule has 1 aromatic rings. The lowest BCUT2D eigenvalue weighted by Crippen LogP contribution is -2.43. The van der Waals surface area contributed by atoms with Gasteiger partial charge in [0.15, 0.2) is 0 Å². The molecule has 2 fully saturated rings. The monoisotopic (exact) mass is 402 g/mol. The highest BCUT2D eigenvalue weighted by atomic mass is 16.7. The molecule has 3 rings (SSSR count). The van der Waals surface area contributed by atoms with Crippen molar-refractivity contribution in [2.24, 2.45) is 0 Å². The van der Waals surface area contributed by atoms with Gasteiger partial charge in [0.25, 0.3) is 0 Å². The SMILES string of the molecule is CCOC(=O)c1ccc(B2OC(C)(C)C(C)(C)O2)cc1B1OC(C)(C)C(C)(C)O1. The van der Waals surface area contributed by atoms with E-state index in [1.165, 1.54) is 0 Å². The molecule has 0 amide bonds. The molecular weight excluding hydrogens is 370 g/mol. The molecule has 1 aromatic carbocycles. The second kappa shape index (κ2) is 7.12. The van der Waals surface area contributed by atoms with Gasteiger partial charge in [-0.25, -0.2) is 4.79 Å². The maximum atomic E-state index is 12.6. The summed E-state index contributed by atoms with van der Waals surface area (Å²) in [6.07, 6.45) is 0. The van der Waals surface area contributed by atoms with Crippen LogP contribution in [0.25, 0.3) is 0 Å². The molecule has 0 saturated carbocycles. The second-order valence-corrected chi connectivity index (χ2v) is 9.74. The van der Waals surface area contributed by atoms with Crippen LogP contribution < -0.4 is 10.9 Å². The van der Waals surface area contributed by atoms with Crippen LogP contribution in [0.4, 0.5) is 0 Å². The molecule has 2 aliphatic rings. The van der Waals surface area contributed by atoms with Gasteiger partial charge in [-0.2, -0.15) is 0 Å². The highest BCUT2D eigenvalue weighted by Crippen LogP contribution is 2.38. The van der Waals surface area contributed by atoms with E-state index < -0.39 is 42.6 Å². The molecule has 2 aliphatic heterocycles. The molecule has 0 aliphatic carbocycles. The highest BCUT2D eigenvalue weighted by molar-refractivity contribution is 6.67. The van der Waals surface area contributed by atoms with Crippen molar-refractivity contribution in [2.75, 3.05) is 6.61 Å². The van der Waals surface area contributed by atoms with Gasteiger partial charge < -0.3 is 23.4 Å². The van der Waals surface area contributed by atoms with E-state index in [0.717, 1.165) is 5.46 Å². The molecule has 0 N–H and O–H groups in total. The van der Waals surface area contributed by atoms with Gasteiger partial charge in [0.05, 0.1) is 34.6 Å². The predicted octanol–water partition coefficient (Wildman–Crippen LogP) is 2.46. The molecule has 6 nitrogen and oxygen atoms in total. The van der Waals surface area contributed by atoms with Crippen LogP contribution >= 0.6 is 0 Å². The summed E-state index contributed by atoms with van der Waals surface area (Å²) in [5.41, 5.74) is -0.112. The zero-order chi connectivity index (χ0) is 21.8. The minimum absolute atomic E-state index is 0.292. The third kappa shape index (κ3) is 3.88. The summed E-state index contributed by atoms with van der Waals surface area (Å²) in [4.78, 5) is 12.6. The first kappa shape index (κ1) is 22.3. The number of hydrogen-bond donors (Lipinski definition) is 0. The summed E-state index contributed by atoms with van der Waals surface area (Å²) in [6, 6.07) is 5.44. The van der Waals surface area contributed by atoms with Crippen molar-refractivity contribution >= 4 is 31.1 Å². The minimum Gasteiger partial charge on any atom is -0.462 e. The van der Waals surface area contributed by atoms with Crippen molar-refractivity contribution in [1.29, 1.82) is 0 Å². The predicted molar refractivity (Wildman–Crippen MR) is 114 cm³/mol. The summed E-state index contributed by atoms with van der Waals surface area (Å²) >= 11 is 0. The van der Waals surface area contributed by atoms with Gasteiger partial charge in [0.1, 0.15) is 0 Å². The third-order valence-corrected chi connectivity index (χ3v) is 6.60. The van der Waals surface area contributed by atoms with E-state index in [1.807, 2.05) is 67.5 Å². The number of carbonyl (C=O) groups is 1. The summed E-state index contributed by atoms with van der Waals surface area (Å²) in [5, 5.41) is 0. The number of esters is 1. The molecule has 0 atom stereocenters. The van der Waals surface area contributed by atoms with Crippen LogP contribution in [0.1, 0.15) is 72.7 Å². The maximum Gasteiger partial charge on any atom is 0.495 e. The average Bonchev–Trinajstić information content (AvgIpc) is 2.94. The average molecular weight is 402 g/mol. The molecule has 0 bridgehead atoms. The number of carbonyl (C=O) groups excluding carboxylic acids is 1. The van der Waals surface area contributed by atoms with Crippen LogP contribution in [0, 0.1) is 0 Å². The van der Waals surface area contributed by atoms with Gasteiger partial charge in [-0.1, -0.05) is 12.1 Å². The summed E-state index contributed by atoms with van der Waals surface area (Å²) in [7, 11) is -1.24. The Morgan fingerprint density at radius 2 is 1.28 bits per heavy atom. The van der Waals surface area contributed by atoms with E-state index in [4.69, 9.17) is 23.4 Å². The molecule has 29 heavy (non-hydrogen) atoms. The highest BCUT2D eigenvalue weighted by Gasteiger charge is 2.54. The van der Waals surface area contributed by atoms with E-state index in [-0.39, 0.29) is 0 Å². The Hall–Kier alpha value is -1.34. The fourth-order valence-electron chi connectivity index (χ4n) is 3.27. The van der Waals surface area contributed by atoms with Gasteiger partial charge in [0, 0.05) is 0 Å². The molecule has 8 heteroatoms. The van der Waals surface area contributed by atoms with E-state index in [9.17, 15) is 4.79 Å². The quantitative estimate of drug-likeness (QED) is 0.570. The summed E-state index contributed by atoms with van der Waals surface area (Å²) < 4.78 is 30.0. The Morgan fingerprint density at radius 1 is 0.828 bits per heavy atom. The molecule has 0 radical (unpaired) electrons. The zero-order valence-electron chi connectivity index (χ0n) is 19.0. The third-order valence-electron chi connectivity index (χ3n) is 6.60. The van der Waals surface area contributed by atoms with Crippen LogP contribution in [0.5, 0.6) is 0 Å². The van der Waals surface area contributed by atoms with Crippen molar-refractivity contribution < 1.29 is 28.1 Å². The number of ether oxygens (including phenoxy) is 1. The van der Waals surface area contributed by atoms with E-state index in [1.54, 1.807) is 13.0 Å². The molecule has 2 heterocycles. The van der Waals surface area contributed by atoms with Gasteiger partial charge in [-0.05, 0) is 79.3 Å². The van der Waals surface area contributed by atoms with E-state index >= 15 is 0 Å². The smallest absolute Gasteiger partial charge is 0.462 e. The molecule has 2 saturated heterocycles. The minimum atomic E-state index is -0.693. The molecule has 0 aromatic heterocycles. The lowest BCUT2D eigenvalue weighted by Gasteiger charge is -2.32. The number of rotatable bonds is 4. The van der Waals surface area contributed by atoms with Crippen molar-refractivity contribution in [3.8, 4) is 0 Å². The van der Waals surface area contributed by atoms with Crippen molar-refractivity contribution in [3.05, 3.63) is 23.8 Å². The normalized spacial score (nSPS) is 24.0. The largest absolute Gasteiger partial charge is 0.495 e. The molecule has 0 unspecified atom stereocenters. The van der Waals surface area contributed by atoms with Crippen molar-refractivity contribution in [2.45, 2.75) is 84.7 Å². The fraction of sp³-hybridized carbons (Fsp3) is 0.667. The van der Waals surface area contributed by atoms with Crippen molar-refractivity contribution in [1.82, 2.24) is 0 Å². The van der Waals surface area contributed by atoms with Gasteiger partial charge in [-0.15, -0.1) is 0 Å². The van der Waals surface area contributed by atoms with Gasteiger partial charge in [-0.3, -0.25) is 0 Å². The fourth-order valence-corrected chi connectivity index (χ4v) is 3.27. The molecule has 158 valence electrons. The maximum absolute atomic E-state index is 12.6. The number of benzene rings is 1. The first-order valence-electron chi connectivity index (χ1n) is 10.2. The summed E-state index contributed by atoms with van der Waals surface area (Å²) in [6.45, 7) is 18.0. The van der Waals surface area contributed by atoms with E-state index in [0.29, 0.717) is 17.6 Å². The van der Waals surface area contributed by atoms with Crippen molar-refractivity contribution in [3.63, 3.8) is 0 Å². The molecular formula is C21H32B2O6.